The maximum Gasteiger partial charge on any atom is 0.254 e. The molecule has 0 aliphatic carbocycles. The topological polar surface area (TPSA) is 69.1 Å². The summed E-state index contributed by atoms with van der Waals surface area (Å²) in [5.74, 6) is 0.633. The highest BCUT2D eigenvalue weighted by Gasteiger charge is 2.29. The number of rotatable bonds is 4. The van der Waals surface area contributed by atoms with Crippen molar-refractivity contribution in [3.8, 4) is 0 Å². The van der Waals surface area contributed by atoms with Gasteiger partial charge in [-0.3, -0.25) is 19.6 Å². The molecule has 2 aliphatic rings. The summed E-state index contributed by atoms with van der Waals surface area (Å²) in [4.78, 5) is 40.8. The molecule has 3 heterocycles. The second-order valence-electron chi connectivity index (χ2n) is 8.48. The summed E-state index contributed by atoms with van der Waals surface area (Å²) in [6, 6.07) is 16.7. The number of hydrogen-bond acceptors (Lipinski definition) is 5. The van der Waals surface area contributed by atoms with Crippen LogP contribution < -0.4 is 4.90 Å². The summed E-state index contributed by atoms with van der Waals surface area (Å²) in [6.45, 7) is 2.43. The molecule has 8 heteroatoms. The number of amides is 2. The molecule has 7 nitrogen and oxygen atoms in total. The maximum atomic E-state index is 13.4. The van der Waals surface area contributed by atoms with Crippen LogP contribution in [-0.4, -0.2) is 59.1 Å². The third-order valence-corrected chi connectivity index (χ3v) is 6.40. The van der Waals surface area contributed by atoms with E-state index in [0.29, 0.717) is 23.7 Å². The summed E-state index contributed by atoms with van der Waals surface area (Å²) >= 11 is 5.97. The number of amidine groups is 1. The van der Waals surface area contributed by atoms with Crippen LogP contribution in [0.25, 0.3) is 0 Å². The lowest BCUT2D eigenvalue weighted by Gasteiger charge is -2.23. The van der Waals surface area contributed by atoms with E-state index in [2.05, 4.69) is 14.9 Å². The lowest BCUT2D eigenvalue weighted by molar-refractivity contribution is -0.119. The van der Waals surface area contributed by atoms with Crippen molar-refractivity contribution in [1.82, 2.24) is 14.8 Å². The first-order valence-electron chi connectivity index (χ1n) is 11.1. The Kier molecular flexibility index (Phi) is 6.02. The van der Waals surface area contributed by atoms with Gasteiger partial charge in [0, 0.05) is 47.7 Å². The molecule has 0 unspecified atom stereocenters. The van der Waals surface area contributed by atoms with Gasteiger partial charge in [0.25, 0.3) is 5.91 Å². The Morgan fingerprint density at radius 1 is 1.03 bits per heavy atom. The molecule has 3 aromatic rings. The Morgan fingerprint density at radius 2 is 1.79 bits per heavy atom. The SMILES string of the molecule is CN1CCN=C1c1ccc(CN2C(=O)CN(C(=O)c3ccc(Cl)cc3)Cc3cnccc32)cc1. The van der Waals surface area contributed by atoms with E-state index in [9.17, 15) is 9.59 Å². The number of aromatic nitrogens is 1. The van der Waals surface area contributed by atoms with Crippen LogP contribution in [0.1, 0.15) is 27.0 Å². The van der Waals surface area contributed by atoms with E-state index in [-0.39, 0.29) is 18.4 Å². The van der Waals surface area contributed by atoms with Crippen molar-refractivity contribution < 1.29 is 9.59 Å². The smallest absolute Gasteiger partial charge is 0.254 e. The number of anilines is 1. The summed E-state index contributed by atoms with van der Waals surface area (Å²) in [5, 5.41) is 0.557. The van der Waals surface area contributed by atoms with Crippen molar-refractivity contribution in [2.45, 2.75) is 13.1 Å². The van der Waals surface area contributed by atoms with Crippen LogP contribution in [0, 0.1) is 0 Å². The Morgan fingerprint density at radius 3 is 2.50 bits per heavy atom. The largest absolute Gasteiger partial charge is 0.358 e. The lowest BCUT2D eigenvalue weighted by Crippen LogP contribution is -2.39. The van der Waals surface area contributed by atoms with Gasteiger partial charge in [-0.2, -0.15) is 0 Å². The minimum atomic E-state index is -0.215. The van der Waals surface area contributed by atoms with E-state index in [0.717, 1.165) is 41.3 Å². The molecular weight excluding hydrogens is 450 g/mol. The van der Waals surface area contributed by atoms with Crippen LogP contribution in [0.2, 0.25) is 5.02 Å². The van der Waals surface area contributed by atoms with Gasteiger partial charge in [-0.25, -0.2) is 0 Å². The Bertz CT molecular complexity index is 1260. The summed E-state index contributed by atoms with van der Waals surface area (Å²) in [5.41, 5.74) is 4.16. The molecule has 2 amide bonds. The lowest BCUT2D eigenvalue weighted by atomic mass is 10.1. The highest BCUT2D eigenvalue weighted by Crippen LogP contribution is 2.27. The number of pyridine rings is 1. The second-order valence-corrected chi connectivity index (χ2v) is 8.91. The van der Waals surface area contributed by atoms with Crippen LogP contribution in [0.15, 0.2) is 72.0 Å². The third-order valence-electron chi connectivity index (χ3n) is 6.15. The van der Waals surface area contributed by atoms with Crippen LogP contribution in [-0.2, 0) is 17.9 Å². The molecule has 172 valence electrons. The van der Waals surface area contributed by atoms with Crippen molar-refractivity contribution in [1.29, 1.82) is 0 Å². The number of carbonyl (C=O) groups excluding carboxylic acids is 2. The molecule has 34 heavy (non-hydrogen) atoms. The number of benzene rings is 2. The van der Waals surface area contributed by atoms with E-state index in [1.165, 1.54) is 0 Å². The molecule has 0 saturated heterocycles. The van der Waals surface area contributed by atoms with E-state index >= 15 is 0 Å². The monoisotopic (exact) mass is 473 g/mol. The standard InChI is InChI=1S/C26H24ClN5O2/c1-30-13-12-29-25(30)19-4-2-18(3-5-19)15-32-23-10-11-28-14-21(23)16-31(17-24(32)33)26(34)20-6-8-22(27)9-7-20/h2-11,14H,12-13,15-17H2,1H3. The average Bonchev–Trinajstić information content (AvgIpc) is 3.22. The quantitative estimate of drug-likeness (QED) is 0.580. The highest BCUT2D eigenvalue weighted by atomic mass is 35.5. The van der Waals surface area contributed by atoms with Gasteiger partial charge < -0.3 is 14.7 Å². The molecule has 1 aromatic heterocycles. The minimum absolute atomic E-state index is 0.0180. The van der Waals surface area contributed by atoms with Gasteiger partial charge in [0.05, 0.1) is 25.3 Å². The van der Waals surface area contributed by atoms with Gasteiger partial charge in [0.1, 0.15) is 12.4 Å². The van der Waals surface area contributed by atoms with Crippen LogP contribution >= 0.6 is 11.6 Å². The van der Waals surface area contributed by atoms with E-state index < -0.39 is 0 Å². The van der Waals surface area contributed by atoms with Crippen molar-refractivity contribution in [3.05, 3.63) is 94.3 Å². The van der Waals surface area contributed by atoms with Gasteiger partial charge in [0.2, 0.25) is 5.91 Å². The molecule has 5 rings (SSSR count). The summed E-state index contributed by atoms with van der Waals surface area (Å²) in [6.07, 6.45) is 3.40. The first kappa shape index (κ1) is 22.1. The van der Waals surface area contributed by atoms with Crippen molar-refractivity contribution in [3.63, 3.8) is 0 Å². The number of likely N-dealkylation sites (N-methyl/N-ethyl adjacent to an activating group) is 1. The van der Waals surface area contributed by atoms with Gasteiger partial charge in [-0.1, -0.05) is 35.9 Å². The fourth-order valence-electron chi connectivity index (χ4n) is 4.33. The number of aliphatic imine (C=N–C) groups is 1. The number of fused-ring (bicyclic) bond motifs is 1. The van der Waals surface area contributed by atoms with E-state index in [1.807, 2.05) is 37.4 Å². The highest BCUT2D eigenvalue weighted by molar-refractivity contribution is 6.30. The molecule has 0 atom stereocenters. The van der Waals surface area contributed by atoms with E-state index in [4.69, 9.17) is 11.6 Å². The normalized spacial score (nSPS) is 15.8. The molecule has 0 N–H and O–H groups in total. The third kappa shape index (κ3) is 4.39. The van der Waals surface area contributed by atoms with Gasteiger partial charge in [-0.15, -0.1) is 0 Å². The molecule has 0 saturated carbocycles. The van der Waals surface area contributed by atoms with Crippen LogP contribution in [0.3, 0.4) is 0 Å². The number of carbonyl (C=O) groups is 2. The maximum absolute atomic E-state index is 13.4. The zero-order chi connectivity index (χ0) is 23.7. The summed E-state index contributed by atoms with van der Waals surface area (Å²) in [7, 11) is 2.04. The average molecular weight is 474 g/mol. The fourth-order valence-corrected chi connectivity index (χ4v) is 4.45. The van der Waals surface area contributed by atoms with Crippen LogP contribution in [0.5, 0.6) is 0 Å². The predicted octanol–water partition coefficient (Wildman–Crippen LogP) is 3.62. The van der Waals surface area contributed by atoms with Crippen LogP contribution in [0.4, 0.5) is 5.69 Å². The zero-order valence-corrected chi connectivity index (χ0v) is 19.6. The van der Waals surface area contributed by atoms with Gasteiger partial charge >= 0.3 is 0 Å². The second kappa shape index (κ2) is 9.27. The number of halogens is 1. The Balaban J connectivity index is 1.40. The molecule has 0 radical (unpaired) electrons. The molecule has 0 spiro atoms. The Labute approximate surface area is 203 Å². The number of hydrogen-bond donors (Lipinski definition) is 0. The fraction of sp³-hybridized carbons (Fsp3) is 0.231. The molecule has 2 aromatic carbocycles. The van der Waals surface area contributed by atoms with Crippen molar-refractivity contribution in [2.24, 2.45) is 4.99 Å². The Hall–Kier alpha value is -3.71. The first-order chi connectivity index (χ1) is 16.5. The molecule has 2 aliphatic heterocycles. The molecule has 0 fully saturated rings. The predicted molar refractivity (Wildman–Crippen MR) is 132 cm³/mol. The molecular formula is C26H24ClN5O2. The van der Waals surface area contributed by atoms with Crippen molar-refractivity contribution >= 4 is 34.9 Å². The van der Waals surface area contributed by atoms with Gasteiger partial charge in [-0.05, 0) is 35.9 Å². The summed E-state index contributed by atoms with van der Waals surface area (Å²) < 4.78 is 0. The van der Waals surface area contributed by atoms with Crippen molar-refractivity contribution in [2.75, 3.05) is 31.6 Å². The molecule has 0 bridgehead atoms. The van der Waals surface area contributed by atoms with E-state index in [1.54, 1.807) is 46.5 Å². The van der Waals surface area contributed by atoms with Gasteiger partial charge in [0.15, 0.2) is 0 Å². The first-order valence-corrected chi connectivity index (χ1v) is 11.5. The minimum Gasteiger partial charge on any atom is -0.358 e. The number of nitrogens with zero attached hydrogens (tertiary/aromatic N) is 5. The zero-order valence-electron chi connectivity index (χ0n) is 18.8.